The number of ether oxygens (including phenoxy) is 2. The van der Waals surface area contributed by atoms with Crippen LogP contribution in [-0.2, 0) is 4.74 Å². The highest BCUT2D eigenvalue weighted by Gasteiger charge is 2.03. The molecule has 0 aliphatic rings. The number of hydrogen-bond donors (Lipinski definition) is 0. The Morgan fingerprint density at radius 1 is 0.938 bits per heavy atom. The molecule has 2 rings (SSSR count). The predicted octanol–water partition coefficient (Wildman–Crippen LogP) is 3.47. The van der Waals surface area contributed by atoms with Crippen LogP contribution in [0, 0.1) is 0 Å². The quantitative estimate of drug-likeness (QED) is 0.728. The summed E-state index contributed by atoms with van der Waals surface area (Å²) in [5, 5.41) is 2.28. The zero-order valence-corrected chi connectivity index (χ0v) is 9.44. The lowest BCUT2D eigenvalue weighted by atomic mass is 10.0. The van der Waals surface area contributed by atoms with Crippen LogP contribution in [0.25, 0.3) is 16.8 Å². The molecule has 0 aromatic heterocycles. The number of fused-ring (bicyclic) bond motifs is 1. The normalized spacial score (nSPS) is 10.9. The Morgan fingerprint density at radius 3 is 2.38 bits per heavy atom. The van der Waals surface area contributed by atoms with Gasteiger partial charge in [-0.15, -0.1) is 0 Å². The van der Waals surface area contributed by atoms with Crippen molar-refractivity contribution in [3.05, 3.63) is 48.2 Å². The van der Waals surface area contributed by atoms with Crippen molar-refractivity contribution in [2.24, 2.45) is 0 Å². The molecule has 16 heavy (non-hydrogen) atoms. The van der Waals surface area contributed by atoms with Crippen LogP contribution in [0.2, 0.25) is 0 Å². The summed E-state index contributed by atoms with van der Waals surface area (Å²) in [6.07, 6.45) is 3.62. The Morgan fingerprint density at radius 2 is 1.69 bits per heavy atom. The first-order chi connectivity index (χ1) is 7.86. The average Bonchev–Trinajstić information content (AvgIpc) is 2.36. The summed E-state index contributed by atoms with van der Waals surface area (Å²) < 4.78 is 10.3. The molecule has 0 radical (unpaired) electrons. The molecule has 0 aliphatic heterocycles. The standard InChI is InChI=1S/C14H14O2/c1-15-10-9-11-7-8-14(16-2)13-6-4-3-5-12(11)13/h3-10H,1-2H3. The largest absolute Gasteiger partial charge is 0.504 e. The fourth-order valence-electron chi connectivity index (χ4n) is 1.76. The maximum Gasteiger partial charge on any atom is 0.126 e. The second kappa shape index (κ2) is 4.71. The zero-order chi connectivity index (χ0) is 11.4. The van der Waals surface area contributed by atoms with Crippen molar-refractivity contribution in [3.63, 3.8) is 0 Å². The lowest BCUT2D eigenvalue weighted by Crippen LogP contribution is -1.86. The van der Waals surface area contributed by atoms with Crippen molar-refractivity contribution in [2.75, 3.05) is 14.2 Å². The van der Waals surface area contributed by atoms with Crippen molar-refractivity contribution in [1.82, 2.24) is 0 Å². The predicted molar refractivity (Wildman–Crippen MR) is 66.5 cm³/mol. The van der Waals surface area contributed by atoms with Crippen molar-refractivity contribution < 1.29 is 9.47 Å². The molecule has 0 N–H and O–H groups in total. The summed E-state index contributed by atoms with van der Waals surface area (Å²) in [5.41, 5.74) is 1.12. The maximum atomic E-state index is 5.33. The van der Waals surface area contributed by atoms with Crippen LogP contribution in [0.5, 0.6) is 5.75 Å². The van der Waals surface area contributed by atoms with Gasteiger partial charge in [-0.2, -0.15) is 0 Å². The van der Waals surface area contributed by atoms with Gasteiger partial charge in [0.25, 0.3) is 0 Å². The third-order valence-electron chi connectivity index (χ3n) is 2.52. The molecule has 0 saturated carbocycles. The van der Waals surface area contributed by atoms with Crippen molar-refractivity contribution >= 4 is 16.8 Å². The van der Waals surface area contributed by atoms with Crippen LogP contribution in [0.15, 0.2) is 42.7 Å². The Balaban J connectivity index is 2.64. The van der Waals surface area contributed by atoms with Gasteiger partial charge in [-0.1, -0.05) is 30.3 Å². The van der Waals surface area contributed by atoms with Crippen LogP contribution in [-0.4, -0.2) is 14.2 Å². The van der Waals surface area contributed by atoms with Gasteiger partial charge in [-0.25, -0.2) is 0 Å². The summed E-state index contributed by atoms with van der Waals surface area (Å²) >= 11 is 0. The highest BCUT2D eigenvalue weighted by Crippen LogP contribution is 2.28. The van der Waals surface area contributed by atoms with Gasteiger partial charge in [0.1, 0.15) is 5.75 Å². The second-order valence-electron chi connectivity index (χ2n) is 3.44. The molecule has 2 aromatic carbocycles. The number of benzene rings is 2. The first-order valence-corrected chi connectivity index (χ1v) is 5.12. The van der Waals surface area contributed by atoms with Gasteiger partial charge < -0.3 is 9.47 Å². The van der Waals surface area contributed by atoms with Crippen molar-refractivity contribution in [2.45, 2.75) is 0 Å². The first kappa shape index (κ1) is 10.6. The zero-order valence-electron chi connectivity index (χ0n) is 9.44. The Labute approximate surface area is 95.1 Å². The van der Waals surface area contributed by atoms with Gasteiger partial charge in [0.05, 0.1) is 20.5 Å². The topological polar surface area (TPSA) is 18.5 Å². The van der Waals surface area contributed by atoms with E-state index in [2.05, 4.69) is 12.1 Å². The fraction of sp³-hybridized carbons (Fsp3) is 0.143. The van der Waals surface area contributed by atoms with Crippen LogP contribution in [0.3, 0.4) is 0 Å². The third-order valence-corrected chi connectivity index (χ3v) is 2.52. The van der Waals surface area contributed by atoms with Gasteiger partial charge in [-0.05, 0) is 23.1 Å². The van der Waals surface area contributed by atoms with E-state index >= 15 is 0 Å². The number of methoxy groups -OCH3 is 2. The van der Waals surface area contributed by atoms with Crippen molar-refractivity contribution in [1.29, 1.82) is 0 Å². The lowest BCUT2D eigenvalue weighted by Gasteiger charge is -2.07. The van der Waals surface area contributed by atoms with Gasteiger partial charge in [0.15, 0.2) is 0 Å². The molecule has 0 saturated heterocycles. The smallest absolute Gasteiger partial charge is 0.126 e. The van der Waals surface area contributed by atoms with Crippen LogP contribution in [0.4, 0.5) is 0 Å². The molecule has 0 fully saturated rings. The summed E-state index contributed by atoms with van der Waals surface area (Å²) in [6.45, 7) is 0. The van der Waals surface area contributed by atoms with E-state index in [4.69, 9.17) is 9.47 Å². The van der Waals surface area contributed by atoms with E-state index in [0.717, 1.165) is 22.1 Å². The van der Waals surface area contributed by atoms with E-state index in [1.165, 1.54) is 0 Å². The molecule has 82 valence electrons. The molecule has 0 aliphatic carbocycles. The van der Waals surface area contributed by atoms with Crippen molar-refractivity contribution in [3.8, 4) is 5.75 Å². The molecular formula is C14H14O2. The van der Waals surface area contributed by atoms with Gasteiger partial charge >= 0.3 is 0 Å². The number of rotatable bonds is 3. The average molecular weight is 214 g/mol. The minimum absolute atomic E-state index is 0.894. The van der Waals surface area contributed by atoms with E-state index < -0.39 is 0 Å². The van der Waals surface area contributed by atoms with E-state index in [1.807, 2.05) is 30.3 Å². The molecular weight excluding hydrogens is 200 g/mol. The molecule has 0 amide bonds. The Kier molecular flexibility index (Phi) is 3.10. The molecule has 0 bridgehead atoms. The lowest BCUT2D eigenvalue weighted by molar-refractivity contribution is 0.341. The molecule has 0 atom stereocenters. The summed E-state index contributed by atoms with van der Waals surface area (Å²) in [6, 6.07) is 12.2. The highest BCUT2D eigenvalue weighted by molar-refractivity contribution is 5.94. The van der Waals surface area contributed by atoms with E-state index in [9.17, 15) is 0 Å². The highest BCUT2D eigenvalue weighted by atomic mass is 16.5. The molecule has 0 spiro atoms. The summed E-state index contributed by atoms with van der Waals surface area (Å²) in [7, 11) is 3.33. The molecule has 0 unspecified atom stereocenters. The third kappa shape index (κ3) is 1.87. The fourth-order valence-corrected chi connectivity index (χ4v) is 1.76. The maximum absolute atomic E-state index is 5.33. The van der Waals surface area contributed by atoms with Crippen LogP contribution >= 0.6 is 0 Å². The second-order valence-corrected chi connectivity index (χ2v) is 3.44. The number of hydrogen-bond acceptors (Lipinski definition) is 2. The minimum atomic E-state index is 0.894. The Hall–Kier alpha value is -1.96. The summed E-state index contributed by atoms with van der Waals surface area (Å²) in [5.74, 6) is 0.894. The molecule has 2 heteroatoms. The Bertz CT molecular complexity index is 515. The SMILES string of the molecule is COC=Cc1ccc(OC)c2ccccc12. The molecule has 2 nitrogen and oxygen atoms in total. The van der Waals surface area contributed by atoms with Crippen LogP contribution in [0.1, 0.15) is 5.56 Å². The van der Waals surface area contributed by atoms with E-state index in [-0.39, 0.29) is 0 Å². The monoisotopic (exact) mass is 214 g/mol. The van der Waals surface area contributed by atoms with Gasteiger partial charge in [0.2, 0.25) is 0 Å². The van der Waals surface area contributed by atoms with Crippen LogP contribution < -0.4 is 4.74 Å². The van der Waals surface area contributed by atoms with E-state index in [0.29, 0.717) is 0 Å². The van der Waals surface area contributed by atoms with E-state index in [1.54, 1.807) is 20.5 Å². The minimum Gasteiger partial charge on any atom is -0.504 e. The molecule has 0 heterocycles. The molecule has 2 aromatic rings. The first-order valence-electron chi connectivity index (χ1n) is 5.12. The van der Waals surface area contributed by atoms with Gasteiger partial charge in [-0.3, -0.25) is 0 Å². The van der Waals surface area contributed by atoms with Gasteiger partial charge in [0, 0.05) is 5.39 Å². The summed E-state index contributed by atoms with van der Waals surface area (Å²) in [4.78, 5) is 0.